The summed E-state index contributed by atoms with van der Waals surface area (Å²) in [5.74, 6) is 1.73. The Morgan fingerprint density at radius 2 is 2.10 bits per heavy atom. The molecule has 1 aromatic rings. The van der Waals surface area contributed by atoms with E-state index in [1.165, 1.54) is 19.3 Å². The summed E-state index contributed by atoms with van der Waals surface area (Å²) < 4.78 is 0. The molecule has 4 nitrogen and oxygen atoms in total. The molecule has 1 heterocycles. The van der Waals surface area contributed by atoms with Gasteiger partial charge in [-0.25, -0.2) is 0 Å². The first-order valence-electron chi connectivity index (χ1n) is 7.86. The van der Waals surface area contributed by atoms with E-state index in [1.54, 1.807) is 0 Å². The van der Waals surface area contributed by atoms with Gasteiger partial charge in [0.1, 0.15) is 0 Å². The Kier molecular flexibility index (Phi) is 5.10. The van der Waals surface area contributed by atoms with E-state index in [4.69, 9.17) is 10.9 Å². The van der Waals surface area contributed by atoms with Crippen LogP contribution in [0.4, 0.5) is 5.69 Å². The number of aryl methyl sites for hydroxylation is 1. The normalized spacial score (nSPS) is 20.7. The van der Waals surface area contributed by atoms with Gasteiger partial charge in [0.05, 0.1) is 0 Å². The summed E-state index contributed by atoms with van der Waals surface area (Å²) in [5, 5.41) is 12.2. The SMILES string of the molecule is Cc1ccc(N2CCCC(C(C)C)CC2)c(/C(N)=N/O)c1. The molecule has 4 heteroatoms. The van der Waals surface area contributed by atoms with Crippen molar-refractivity contribution < 1.29 is 5.21 Å². The third kappa shape index (κ3) is 3.69. The van der Waals surface area contributed by atoms with Gasteiger partial charge >= 0.3 is 0 Å². The van der Waals surface area contributed by atoms with Crippen LogP contribution in [0.25, 0.3) is 0 Å². The molecule has 1 saturated heterocycles. The largest absolute Gasteiger partial charge is 0.409 e. The minimum absolute atomic E-state index is 0.193. The molecule has 0 amide bonds. The summed E-state index contributed by atoms with van der Waals surface area (Å²) in [6.45, 7) is 8.73. The van der Waals surface area contributed by atoms with Gasteiger partial charge in [0.25, 0.3) is 0 Å². The van der Waals surface area contributed by atoms with Gasteiger partial charge in [0, 0.05) is 24.3 Å². The Labute approximate surface area is 127 Å². The first kappa shape index (κ1) is 15.7. The van der Waals surface area contributed by atoms with Crippen molar-refractivity contribution in [3.8, 4) is 0 Å². The fourth-order valence-electron chi connectivity index (χ4n) is 3.21. The maximum Gasteiger partial charge on any atom is 0.172 e. The summed E-state index contributed by atoms with van der Waals surface area (Å²) in [5.41, 5.74) is 8.90. The predicted octanol–water partition coefficient (Wildman–Crippen LogP) is 3.35. The van der Waals surface area contributed by atoms with E-state index in [2.05, 4.69) is 36.0 Å². The topological polar surface area (TPSA) is 61.8 Å². The number of oxime groups is 1. The molecule has 0 saturated carbocycles. The monoisotopic (exact) mass is 289 g/mol. The molecule has 3 N–H and O–H groups in total. The fraction of sp³-hybridized carbons (Fsp3) is 0.588. The average molecular weight is 289 g/mol. The van der Waals surface area contributed by atoms with E-state index < -0.39 is 0 Å². The number of amidine groups is 1. The molecule has 1 aliphatic rings. The molecule has 0 spiro atoms. The third-order valence-electron chi connectivity index (χ3n) is 4.59. The lowest BCUT2D eigenvalue weighted by molar-refractivity contribution is 0.318. The Balaban J connectivity index is 2.25. The zero-order chi connectivity index (χ0) is 15.4. The molecule has 0 bridgehead atoms. The highest BCUT2D eigenvalue weighted by Crippen LogP contribution is 2.29. The van der Waals surface area contributed by atoms with Gasteiger partial charge in [-0.3, -0.25) is 0 Å². The van der Waals surface area contributed by atoms with Gasteiger partial charge in [-0.05, 0) is 50.2 Å². The summed E-state index contributed by atoms with van der Waals surface area (Å²) in [6, 6.07) is 6.18. The quantitative estimate of drug-likeness (QED) is 0.388. The summed E-state index contributed by atoms with van der Waals surface area (Å²) in [4.78, 5) is 2.38. The van der Waals surface area contributed by atoms with Crippen molar-refractivity contribution >= 4 is 11.5 Å². The molecule has 2 rings (SSSR count). The highest BCUT2D eigenvalue weighted by atomic mass is 16.4. The minimum Gasteiger partial charge on any atom is -0.409 e. The minimum atomic E-state index is 0.193. The number of anilines is 1. The van der Waals surface area contributed by atoms with E-state index in [1.807, 2.05) is 13.0 Å². The fourth-order valence-corrected chi connectivity index (χ4v) is 3.21. The smallest absolute Gasteiger partial charge is 0.172 e. The molecule has 0 aliphatic carbocycles. The first-order chi connectivity index (χ1) is 10.0. The van der Waals surface area contributed by atoms with Gasteiger partial charge in [-0.1, -0.05) is 30.6 Å². The van der Waals surface area contributed by atoms with E-state index in [9.17, 15) is 0 Å². The highest BCUT2D eigenvalue weighted by molar-refractivity contribution is 6.02. The summed E-state index contributed by atoms with van der Waals surface area (Å²) in [6.07, 6.45) is 3.70. The molecular formula is C17H27N3O. The summed E-state index contributed by atoms with van der Waals surface area (Å²) in [7, 11) is 0. The Morgan fingerprint density at radius 3 is 2.76 bits per heavy atom. The molecule has 116 valence electrons. The van der Waals surface area contributed by atoms with Crippen LogP contribution in [-0.2, 0) is 0 Å². The van der Waals surface area contributed by atoms with Crippen LogP contribution in [0, 0.1) is 18.8 Å². The molecule has 21 heavy (non-hydrogen) atoms. The van der Waals surface area contributed by atoms with E-state index in [-0.39, 0.29) is 5.84 Å². The van der Waals surface area contributed by atoms with E-state index in [0.717, 1.165) is 41.7 Å². The van der Waals surface area contributed by atoms with Gasteiger partial charge in [-0.15, -0.1) is 0 Å². The van der Waals surface area contributed by atoms with Gasteiger partial charge in [-0.2, -0.15) is 0 Å². The second-order valence-electron chi connectivity index (χ2n) is 6.43. The van der Waals surface area contributed by atoms with Crippen LogP contribution < -0.4 is 10.6 Å². The second-order valence-corrected chi connectivity index (χ2v) is 6.43. The van der Waals surface area contributed by atoms with Gasteiger partial charge in [0.15, 0.2) is 5.84 Å². The number of nitrogens with zero attached hydrogens (tertiary/aromatic N) is 2. The number of hydrogen-bond donors (Lipinski definition) is 2. The predicted molar refractivity (Wildman–Crippen MR) is 88.1 cm³/mol. The molecule has 1 fully saturated rings. The van der Waals surface area contributed by atoms with Crippen LogP contribution in [0.2, 0.25) is 0 Å². The first-order valence-corrected chi connectivity index (χ1v) is 7.86. The van der Waals surface area contributed by atoms with Crippen molar-refractivity contribution in [1.82, 2.24) is 0 Å². The third-order valence-corrected chi connectivity index (χ3v) is 4.59. The number of nitrogens with two attached hydrogens (primary N) is 1. The van der Waals surface area contributed by atoms with Crippen LogP contribution in [-0.4, -0.2) is 24.1 Å². The summed E-state index contributed by atoms with van der Waals surface area (Å²) >= 11 is 0. The van der Waals surface area contributed by atoms with E-state index in [0.29, 0.717) is 0 Å². The molecule has 1 aliphatic heterocycles. The average Bonchev–Trinajstić information content (AvgIpc) is 2.72. The van der Waals surface area contributed by atoms with Gasteiger partial charge in [0.2, 0.25) is 0 Å². The second kappa shape index (κ2) is 6.83. The van der Waals surface area contributed by atoms with Crippen molar-refractivity contribution in [3.63, 3.8) is 0 Å². The lowest BCUT2D eigenvalue weighted by Crippen LogP contribution is -2.28. The molecule has 1 unspecified atom stereocenters. The van der Waals surface area contributed by atoms with Crippen molar-refractivity contribution in [2.75, 3.05) is 18.0 Å². The van der Waals surface area contributed by atoms with Crippen molar-refractivity contribution in [1.29, 1.82) is 0 Å². The Hall–Kier alpha value is -1.71. The molecular weight excluding hydrogens is 262 g/mol. The lowest BCUT2D eigenvalue weighted by atomic mass is 9.89. The van der Waals surface area contributed by atoms with Crippen LogP contribution in [0.5, 0.6) is 0 Å². The molecule has 0 aromatic heterocycles. The van der Waals surface area contributed by atoms with E-state index >= 15 is 0 Å². The lowest BCUT2D eigenvalue weighted by Gasteiger charge is -2.26. The van der Waals surface area contributed by atoms with Crippen LogP contribution in [0.1, 0.15) is 44.2 Å². The number of rotatable bonds is 3. The Morgan fingerprint density at radius 1 is 1.33 bits per heavy atom. The molecule has 0 radical (unpaired) electrons. The molecule has 1 atom stereocenters. The zero-order valence-electron chi connectivity index (χ0n) is 13.3. The maximum atomic E-state index is 9.02. The van der Waals surface area contributed by atoms with Crippen molar-refractivity contribution in [3.05, 3.63) is 29.3 Å². The van der Waals surface area contributed by atoms with Crippen LogP contribution in [0.15, 0.2) is 23.4 Å². The van der Waals surface area contributed by atoms with Crippen molar-refractivity contribution in [2.24, 2.45) is 22.7 Å². The Bertz CT molecular complexity index is 511. The molecule has 1 aromatic carbocycles. The maximum absolute atomic E-state index is 9.02. The number of benzene rings is 1. The standard InChI is InChI=1S/C17H27N3O/c1-12(2)14-5-4-9-20(10-8-14)16-7-6-13(3)11-15(16)17(18)19-21/h6-7,11-12,14,21H,4-5,8-10H2,1-3H3,(H2,18,19). The van der Waals surface area contributed by atoms with Gasteiger partial charge < -0.3 is 15.8 Å². The van der Waals surface area contributed by atoms with Crippen molar-refractivity contribution in [2.45, 2.75) is 40.0 Å². The van der Waals surface area contributed by atoms with Crippen LogP contribution >= 0.6 is 0 Å². The zero-order valence-corrected chi connectivity index (χ0v) is 13.3. The highest BCUT2D eigenvalue weighted by Gasteiger charge is 2.21. The number of hydrogen-bond acceptors (Lipinski definition) is 3. The van der Waals surface area contributed by atoms with Crippen LogP contribution in [0.3, 0.4) is 0 Å².